The van der Waals surface area contributed by atoms with E-state index in [4.69, 9.17) is 15.2 Å². The summed E-state index contributed by atoms with van der Waals surface area (Å²) in [6.45, 7) is 6.42. The molecule has 0 aliphatic heterocycles. The molecule has 4 N–H and O–H groups in total. The SMILES string of the molecule is CCCCCCCC/C=C\CCCCCCCC(=O)OCC(CC(C)(NC)C(O)CN)OC(=O)CCCCCCC/C=C\CCCCCCCC. The highest BCUT2D eigenvalue weighted by Gasteiger charge is 2.35. The van der Waals surface area contributed by atoms with Gasteiger partial charge in [0.05, 0.1) is 6.10 Å². The smallest absolute Gasteiger partial charge is 0.306 e. The predicted octanol–water partition coefficient (Wildman–Crippen LogP) is 11.2. The van der Waals surface area contributed by atoms with Crippen LogP contribution in [0.3, 0.4) is 0 Å². The van der Waals surface area contributed by atoms with Crippen molar-refractivity contribution in [2.45, 2.75) is 225 Å². The number of aliphatic hydroxyl groups is 1. The van der Waals surface area contributed by atoms with E-state index in [0.717, 1.165) is 51.4 Å². The molecule has 0 aromatic carbocycles. The van der Waals surface area contributed by atoms with Gasteiger partial charge in [0.25, 0.3) is 0 Å². The van der Waals surface area contributed by atoms with Crippen LogP contribution < -0.4 is 11.1 Å². The number of ether oxygens (including phenoxy) is 2. The minimum Gasteiger partial charge on any atom is -0.462 e. The van der Waals surface area contributed by atoms with E-state index < -0.39 is 17.7 Å². The van der Waals surface area contributed by atoms with Crippen LogP contribution in [0.2, 0.25) is 0 Å². The Balaban J connectivity index is 4.28. The van der Waals surface area contributed by atoms with Crippen LogP contribution in [0.1, 0.15) is 207 Å². The van der Waals surface area contributed by atoms with E-state index in [9.17, 15) is 14.7 Å². The van der Waals surface area contributed by atoms with Gasteiger partial charge in [0.1, 0.15) is 12.7 Å². The Morgan fingerprint density at radius 2 is 1.00 bits per heavy atom. The number of rotatable bonds is 38. The van der Waals surface area contributed by atoms with Crippen LogP contribution in [-0.2, 0) is 19.1 Å². The lowest BCUT2D eigenvalue weighted by Crippen LogP contribution is -2.56. The van der Waals surface area contributed by atoms with Gasteiger partial charge < -0.3 is 25.6 Å². The zero-order chi connectivity index (χ0) is 37.7. The number of carbonyl (C=O) groups excluding carboxylic acids is 2. The standard InChI is InChI=1S/C44H84N2O5/c1-5-7-9-11-13-15-17-19-21-23-25-27-29-31-33-35-42(48)50-39-40(37-44(3,46-4)41(47)38-45)51-43(49)36-34-32-30-28-26-24-22-20-18-16-14-12-10-8-6-2/h19-22,40-41,46-47H,5-18,23-39,45H2,1-4H3/b21-19-,22-20-. The number of nitrogens with two attached hydrogens (primary N) is 1. The summed E-state index contributed by atoms with van der Waals surface area (Å²) in [5.41, 5.74) is 4.98. The Kier molecular flexibility index (Phi) is 35.4. The summed E-state index contributed by atoms with van der Waals surface area (Å²) in [5, 5.41) is 13.7. The van der Waals surface area contributed by atoms with Crippen molar-refractivity contribution in [3.63, 3.8) is 0 Å². The van der Waals surface area contributed by atoms with Gasteiger partial charge in [0.15, 0.2) is 0 Å². The summed E-state index contributed by atoms with van der Waals surface area (Å²) >= 11 is 0. The van der Waals surface area contributed by atoms with Gasteiger partial charge in [0, 0.05) is 31.3 Å². The highest BCUT2D eigenvalue weighted by molar-refractivity contribution is 5.70. The summed E-state index contributed by atoms with van der Waals surface area (Å²) in [4.78, 5) is 25.4. The van der Waals surface area contributed by atoms with E-state index in [1.807, 2.05) is 6.92 Å². The number of likely N-dealkylation sites (N-methyl/N-ethyl adjacent to an activating group) is 1. The molecule has 7 heteroatoms. The molecular weight excluding hydrogens is 636 g/mol. The molecule has 300 valence electrons. The number of esters is 2. The molecule has 51 heavy (non-hydrogen) atoms. The van der Waals surface area contributed by atoms with Gasteiger partial charge in [-0.1, -0.05) is 141 Å². The third kappa shape index (κ3) is 31.5. The zero-order valence-electron chi connectivity index (χ0n) is 34.0. The second kappa shape index (κ2) is 36.6. The van der Waals surface area contributed by atoms with Gasteiger partial charge in [-0.05, 0) is 78.2 Å². The maximum absolute atomic E-state index is 12.8. The van der Waals surface area contributed by atoms with E-state index in [-0.39, 0.29) is 25.1 Å². The van der Waals surface area contributed by atoms with Gasteiger partial charge in [0.2, 0.25) is 0 Å². The van der Waals surface area contributed by atoms with Crippen molar-refractivity contribution in [1.82, 2.24) is 5.32 Å². The van der Waals surface area contributed by atoms with Crippen LogP contribution in [0.4, 0.5) is 0 Å². The first-order valence-corrected chi connectivity index (χ1v) is 21.5. The van der Waals surface area contributed by atoms with Crippen molar-refractivity contribution < 1.29 is 24.2 Å². The molecule has 0 fully saturated rings. The Morgan fingerprint density at radius 3 is 1.39 bits per heavy atom. The normalized spacial score (nSPS) is 14.2. The summed E-state index contributed by atoms with van der Waals surface area (Å²) in [6.07, 6.45) is 40.2. The van der Waals surface area contributed by atoms with E-state index in [2.05, 4.69) is 43.5 Å². The molecular formula is C44H84N2O5. The minimum absolute atomic E-state index is 0.0173. The second-order valence-corrected chi connectivity index (χ2v) is 15.1. The Hall–Kier alpha value is -1.70. The maximum atomic E-state index is 12.8. The summed E-state index contributed by atoms with van der Waals surface area (Å²) in [5.74, 6) is -0.553. The monoisotopic (exact) mass is 721 g/mol. The van der Waals surface area contributed by atoms with E-state index in [0.29, 0.717) is 19.3 Å². The largest absolute Gasteiger partial charge is 0.462 e. The van der Waals surface area contributed by atoms with Crippen molar-refractivity contribution in [3.8, 4) is 0 Å². The molecule has 0 rings (SSSR count). The van der Waals surface area contributed by atoms with E-state index >= 15 is 0 Å². The number of unbranched alkanes of at least 4 members (excludes halogenated alkanes) is 22. The first kappa shape index (κ1) is 49.3. The summed E-state index contributed by atoms with van der Waals surface area (Å²) in [7, 11) is 1.75. The fourth-order valence-corrected chi connectivity index (χ4v) is 6.46. The fourth-order valence-electron chi connectivity index (χ4n) is 6.46. The molecule has 0 spiro atoms. The average molecular weight is 721 g/mol. The van der Waals surface area contributed by atoms with Crippen LogP contribution in [0.5, 0.6) is 0 Å². The highest BCUT2D eigenvalue weighted by atomic mass is 16.6. The molecule has 0 radical (unpaired) electrons. The topological polar surface area (TPSA) is 111 Å². The number of carbonyl (C=O) groups is 2. The molecule has 0 aromatic heterocycles. The van der Waals surface area contributed by atoms with Gasteiger partial charge in [-0.2, -0.15) is 0 Å². The predicted molar refractivity (Wildman–Crippen MR) is 217 cm³/mol. The van der Waals surface area contributed by atoms with Gasteiger partial charge >= 0.3 is 11.9 Å². The van der Waals surface area contributed by atoms with Crippen molar-refractivity contribution in [2.75, 3.05) is 20.2 Å². The van der Waals surface area contributed by atoms with Crippen LogP contribution in [-0.4, -0.2) is 55.0 Å². The molecule has 0 aliphatic rings. The van der Waals surface area contributed by atoms with Gasteiger partial charge in [-0.25, -0.2) is 0 Å². The fraction of sp³-hybridized carbons (Fsp3) is 0.864. The number of aliphatic hydroxyl groups excluding tert-OH is 1. The second-order valence-electron chi connectivity index (χ2n) is 15.1. The molecule has 0 amide bonds. The molecule has 3 atom stereocenters. The van der Waals surface area contributed by atoms with Crippen molar-refractivity contribution >= 4 is 11.9 Å². The van der Waals surface area contributed by atoms with Gasteiger partial charge in [-0.3, -0.25) is 9.59 Å². The molecule has 0 saturated carbocycles. The summed E-state index contributed by atoms with van der Waals surface area (Å²) in [6, 6.07) is 0. The van der Waals surface area contributed by atoms with E-state index in [1.165, 1.54) is 116 Å². The van der Waals surface area contributed by atoms with Gasteiger partial charge in [-0.15, -0.1) is 0 Å². The lowest BCUT2D eigenvalue weighted by atomic mass is 9.88. The molecule has 0 aliphatic carbocycles. The highest BCUT2D eigenvalue weighted by Crippen LogP contribution is 2.21. The maximum Gasteiger partial charge on any atom is 0.306 e. The van der Waals surface area contributed by atoms with Crippen LogP contribution >= 0.6 is 0 Å². The number of hydrogen-bond donors (Lipinski definition) is 3. The average Bonchev–Trinajstić information content (AvgIpc) is 3.13. The van der Waals surface area contributed by atoms with Crippen LogP contribution in [0.25, 0.3) is 0 Å². The van der Waals surface area contributed by atoms with Crippen LogP contribution in [0.15, 0.2) is 24.3 Å². The van der Waals surface area contributed by atoms with Crippen LogP contribution in [0, 0.1) is 0 Å². The number of allylic oxidation sites excluding steroid dienone is 4. The first-order valence-electron chi connectivity index (χ1n) is 21.5. The third-order valence-corrected chi connectivity index (χ3v) is 10.2. The molecule has 0 bridgehead atoms. The molecule has 0 heterocycles. The Morgan fingerprint density at radius 1 is 0.627 bits per heavy atom. The Bertz CT molecular complexity index is 847. The molecule has 0 aromatic rings. The number of hydrogen-bond acceptors (Lipinski definition) is 7. The minimum atomic E-state index is -0.833. The van der Waals surface area contributed by atoms with Crippen molar-refractivity contribution in [3.05, 3.63) is 24.3 Å². The van der Waals surface area contributed by atoms with E-state index in [1.54, 1.807) is 7.05 Å². The van der Waals surface area contributed by atoms with Crippen molar-refractivity contribution in [1.29, 1.82) is 0 Å². The molecule has 0 saturated heterocycles. The lowest BCUT2D eigenvalue weighted by molar-refractivity contribution is -0.161. The molecule has 7 nitrogen and oxygen atoms in total. The zero-order valence-corrected chi connectivity index (χ0v) is 34.0. The quantitative estimate of drug-likeness (QED) is 0.0331. The number of nitrogens with one attached hydrogen (secondary N) is 1. The Labute approximate surface area is 315 Å². The third-order valence-electron chi connectivity index (χ3n) is 10.2. The first-order chi connectivity index (χ1) is 24.8. The molecule has 3 unspecified atom stereocenters. The lowest BCUT2D eigenvalue weighted by Gasteiger charge is -2.36. The summed E-state index contributed by atoms with van der Waals surface area (Å²) < 4.78 is 11.4. The van der Waals surface area contributed by atoms with Crippen molar-refractivity contribution in [2.24, 2.45) is 5.73 Å².